The lowest BCUT2D eigenvalue weighted by Gasteiger charge is -2.30. The van der Waals surface area contributed by atoms with E-state index in [-0.39, 0.29) is 24.1 Å². The van der Waals surface area contributed by atoms with E-state index in [4.69, 9.17) is 4.74 Å². The molecular formula is C24H25FN2O3. The maximum absolute atomic E-state index is 13.1. The van der Waals surface area contributed by atoms with Gasteiger partial charge in [0.05, 0.1) is 24.8 Å². The van der Waals surface area contributed by atoms with E-state index in [0.717, 1.165) is 29.7 Å². The van der Waals surface area contributed by atoms with E-state index in [2.05, 4.69) is 6.08 Å². The first-order valence-corrected chi connectivity index (χ1v) is 10.4. The number of halogens is 1. The van der Waals surface area contributed by atoms with Gasteiger partial charge in [0.25, 0.3) is 5.91 Å². The molecule has 5 nitrogen and oxygen atoms in total. The summed E-state index contributed by atoms with van der Waals surface area (Å²) >= 11 is 0. The summed E-state index contributed by atoms with van der Waals surface area (Å²) in [6.07, 6.45) is 3.93. The van der Waals surface area contributed by atoms with Gasteiger partial charge < -0.3 is 4.74 Å². The SMILES string of the molecule is CCCOc1ccc(N2C(=O)C[C@H](N3CC=C(c4ccc(F)cc4)CC3)C2=O)cc1. The van der Waals surface area contributed by atoms with Gasteiger partial charge in [-0.3, -0.25) is 14.5 Å². The Morgan fingerprint density at radius 2 is 1.80 bits per heavy atom. The molecule has 2 amide bonds. The van der Waals surface area contributed by atoms with Crippen LogP contribution in [0.5, 0.6) is 5.75 Å². The van der Waals surface area contributed by atoms with E-state index in [1.54, 1.807) is 36.4 Å². The van der Waals surface area contributed by atoms with Crippen molar-refractivity contribution in [2.24, 2.45) is 0 Å². The smallest absolute Gasteiger partial charge is 0.251 e. The first-order chi connectivity index (χ1) is 14.6. The van der Waals surface area contributed by atoms with Crippen molar-refractivity contribution in [1.82, 2.24) is 4.90 Å². The van der Waals surface area contributed by atoms with Gasteiger partial charge in [-0.25, -0.2) is 9.29 Å². The highest BCUT2D eigenvalue weighted by Gasteiger charge is 2.42. The first-order valence-electron chi connectivity index (χ1n) is 10.4. The largest absolute Gasteiger partial charge is 0.494 e. The van der Waals surface area contributed by atoms with E-state index in [9.17, 15) is 14.0 Å². The van der Waals surface area contributed by atoms with Crippen LogP contribution in [0.25, 0.3) is 5.57 Å². The third kappa shape index (κ3) is 4.14. The molecule has 0 N–H and O–H groups in total. The molecule has 0 unspecified atom stereocenters. The van der Waals surface area contributed by atoms with E-state index >= 15 is 0 Å². The third-order valence-corrected chi connectivity index (χ3v) is 5.59. The molecule has 0 radical (unpaired) electrons. The Kier molecular flexibility index (Phi) is 5.95. The van der Waals surface area contributed by atoms with Crippen molar-refractivity contribution < 1.29 is 18.7 Å². The molecule has 1 atom stereocenters. The number of nitrogens with zero attached hydrogens (tertiary/aromatic N) is 2. The molecule has 156 valence electrons. The third-order valence-electron chi connectivity index (χ3n) is 5.59. The molecule has 1 fully saturated rings. The zero-order valence-electron chi connectivity index (χ0n) is 17.0. The summed E-state index contributed by atoms with van der Waals surface area (Å²) in [6.45, 7) is 3.94. The fourth-order valence-electron chi connectivity index (χ4n) is 3.98. The lowest BCUT2D eigenvalue weighted by molar-refractivity contribution is -0.122. The van der Waals surface area contributed by atoms with E-state index in [1.165, 1.54) is 17.0 Å². The Bertz CT molecular complexity index is 953. The van der Waals surface area contributed by atoms with Crippen LogP contribution < -0.4 is 9.64 Å². The molecule has 0 bridgehead atoms. The molecule has 0 spiro atoms. The van der Waals surface area contributed by atoms with Crippen molar-refractivity contribution in [2.45, 2.75) is 32.2 Å². The van der Waals surface area contributed by atoms with Gasteiger partial charge in [-0.1, -0.05) is 25.1 Å². The summed E-state index contributed by atoms with van der Waals surface area (Å²) in [4.78, 5) is 29.0. The number of anilines is 1. The van der Waals surface area contributed by atoms with Crippen molar-refractivity contribution in [3.05, 3.63) is 66.0 Å². The topological polar surface area (TPSA) is 49.9 Å². The number of rotatable bonds is 6. The quantitative estimate of drug-likeness (QED) is 0.677. The highest BCUT2D eigenvalue weighted by Crippen LogP contribution is 2.30. The normalized spacial score (nSPS) is 19.9. The summed E-state index contributed by atoms with van der Waals surface area (Å²) in [5.41, 5.74) is 2.72. The number of carbonyl (C=O) groups is 2. The minimum absolute atomic E-state index is 0.180. The van der Waals surface area contributed by atoms with E-state index in [1.807, 2.05) is 11.8 Å². The fourth-order valence-corrected chi connectivity index (χ4v) is 3.98. The van der Waals surface area contributed by atoms with Crippen molar-refractivity contribution >= 4 is 23.1 Å². The Morgan fingerprint density at radius 1 is 1.07 bits per heavy atom. The zero-order chi connectivity index (χ0) is 21.1. The minimum Gasteiger partial charge on any atom is -0.494 e. The number of carbonyl (C=O) groups excluding carboxylic acids is 2. The second kappa shape index (κ2) is 8.79. The first kappa shape index (κ1) is 20.3. The predicted molar refractivity (Wildman–Crippen MR) is 114 cm³/mol. The number of amides is 2. The average molecular weight is 408 g/mol. The van der Waals surface area contributed by atoms with Crippen LogP contribution in [-0.2, 0) is 9.59 Å². The van der Waals surface area contributed by atoms with Gasteiger partial charge in [0, 0.05) is 13.1 Å². The molecule has 2 aliphatic heterocycles. The second-order valence-electron chi connectivity index (χ2n) is 7.61. The summed E-state index contributed by atoms with van der Waals surface area (Å²) in [5.74, 6) is 0.115. The van der Waals surface area contributed by atoms with E-state index in [0.29, 0.717) is 25.4 Å². The summed E-state index contributed by atoms with van der Waals surface area (Å²) in [7, 11) is 0. The monoisotopic (exact) mass is 408 g/mol. The average Bonchev–Trinajstić information content (AvgIpc) is 3.07. The molecule has 0 aliphatic carbocycles. The summed E-state index contributed by atoms with van der Waals surface area (Å²) in [6, 6.07) is 13.1. The number of hydrogen-bond donors (Lipinski definition) is 0. The Hall–Kier alpha value is -2.99. The molecule has 2 aliphatic rings. The molecule has 2 aromatic carbocycles. The predicted octanol–water partition coefficient (Wildman–Crippen LogP) is 4.04. The minimum atomic E-state index is -0.445. The van der Waals surface area contributed by atoms with Gasteiger partial charge in [0.1, 0.15) is 11.6 Å². The molecular weight excluding hydrogens is 383 g/mol. The number of hydrogen-bond acceptors (Lipinski definition) is 4. The lowest BCUT2D eigenvalue weighted by Crippen LogP contribution is -2.44. The highest BCUT2D eigenvalue weighted by molar-refractivity contribution is 6.22. The van der Waals surface area contributed by atoms with Crippen LogP contribution in [-0.4, -0.2) is 42.5 Å². The van der Waals surface area contributed by atoms with Gasteiger partial charge >= 0.3 is 0 Å². The van der Waals surface area contributed by atoms with Gasteiger partial charge in [0.15, 0.2) is 0 Å². The summed E-state index contributed by atoms with van der Waals surface area (Å²) in [5, 5.41) is 0. The van der Waals surface area contributed by atoms with Crippen LogP contribution in [0.2, 0.25) is 0 Å². The second-order valence-corrected chi connectivity index (χ2v) is 7.61. The summed E-state index contributed by atoms with van der Waals surface area (Å²) < 4.78 is 18.7. The van der Waals surface area contributed by atoms with Crippen molar-refractivity contribution in [3.8, 4) is 5.75 Å². The number of imide groups is 1. The van der Waals surface area contributed by atoms with Crippen molar-refractivity contribution in [1.29, 1.82) is 0 Å². The Labute approximate surface area is 175 Å². The molecule has 30 heavy (non-hydrogen) atoms. The van der Waals surface area contributed by atoms with Gasteiger partial charge in [-0.15, -0.1) is 0 Å². The number of ether oxygens (including phenoxy) is 1. The van der Waals surface area contributed by atoms with Crippen LogP contribution in [0.1, 0.15) is 31.7 Å². The lowest BCUT2D eigenvalue weighted by atomic mass is 9.98. The van der Waals surface area contributed by atoms with Crippen LogP contribution in [0.3, 0.4) is 0 Å². The molecule has 0 aromatic heterocycles. The maximum atomic E-state index is 13.1. The van der Waals surface area contributed by atoms with Gasteiger partial charge in [0.2, 0.25) is 5.91 Å². The van der Waals surface area contributed by atoms with Gasteiger partial charge in [-0.05, 0) is 60.4 Å². The number of benzene rings is 2. The van der Waals surface area contributed by atoms with Gasteiger partial charge in [-0.2, -0.15) is 0 Å². The molecule has 2 aromatic rings. The van der Waals surface area contributed by atoms with E-state index < -0.39 is 6.04 Å². The zero-order valence-corrected chi connectivity index (χ0v) is 17.0. The highest BCUT2D eigenvalue weighted by atomic mass is 19.1. The molecule has 0 saturated carbocycles. The molecule has 1 saturated heterocycles. The van der Waals surface area contributed by atoms with Crippen LogP contribution >= 0.6 is 0 Å². The fraction of sp³-hybridized carbons (Fsp3) is 0.333. The van der Waals surface area contributed by atoms with Crippen LogP contribution in [0.4, 0.5) is 10.1 Å². The van der Waals surface area contributed by atoms with Crippen molar-refractivity contribution in [2.75, 3.05) is 24.6 Å². The van der Waals surface area contributed by atoms with Crippen LogP contribution in [0.15, 0.2) is 54.6 Å². The van der Waals surface area contributed by atoms with Crippen LogP contribution in [0, 0.1) is 5.82 Å². The maximum Gasteiger partial charge on any atom is 0.251 e. The van der Waals surface area contributed by atoms with Crippen molar-refractivity contribution in [3.63, 3.8) is 0 Å². The standard InChI is InChI=1S/C24H25FN2O3/c1-2-15-30-21-9-7-20(8-10-21)27-23(28)16-22(24(27)29)26-13-11-18(12-14-26)17-3-5-19(25)6-4-17/h3-11,22H,2,12-16H2,1H3/t22-/m0/s1. The molecule has 4 rings (SSSR count). The molecule has 2 heterocycles. The molecule has 6 heteroatoms. The Morgan fingerprint density at radius 3 is 2.43 bits per heavy atom. The Balaban J connectivity index is 1.43.